The smallest absolute Gasteiger partial charge is 0.486 e. The molecule has 7 heteroatoms. The van der Waals surface area contributed by atoms with Gasteiger partial charge in [0.15, 0.2) is 0 Å². The maximum Gasteiger partial charge on any atom is 3.00 e. The molecule has 6 aromatic carbocycles. The maximum absolute atomic E-state index is 6.08. The molecule has 12 aromatic rings. The standard InChI is InChI=1S/C41H27N3.C22H21N2O.Ir/c1-3-12-31(13-4-1)38-28-32(22-24-43-38)35-17-10-19-40-41(35)36-27-30(20-21-39(36)44(40)34-15-5-2-6-16-34)25-29-11-9-14-33(26-29)37-18-7-8-23-42-37;1-14-8-9-17-16-6-5-7-18(20(16)25-21(17)24-14)19-12-15(10-11-23-19)13-22(2,3)4;/h1-12,15-24,26-28H,25H2;5-6,8-12H,13H2,1-4H3;/q-2;-1;+3. The van der Waals surface area contributed by atoms with Crippen molar-refractivity contribution in [3.63, 3.8) is 0 Å². The van der Waals surface area contributed by atoms with E-state index >= 15 is 0 Å². The van der Waals surface area contributed by atoms with Gasteiger partial charge >= 0.3 is 20.1 Å². The van der Waals surface area contributed by atoms with Crippen LogP contribution in [0.3, 0.4) is 0 Å². The van der Waals surface area contributed by atoms with Crippen molar-refractivity contribution in [2.45, 2.75) is 40.5 Å². The van der Waals surface area contributed by atoms with Gasteiger partial charge in [-0.25, -0.2) is 4.98 Å². The van der Waals surface area contributed by atoms with E-state index < -0.39 is 0 Å². The molecule has 12 rings (SSSR count). The van der Waals surface area contributed by atoms with E-state index in [-0.39, 0.29) is 25.5 Å². The average Bonchev–Trinajstić information content (AvgIpc) is 3.92. The molecule has 0 unspecified atom stereocenters. The molecule has 0 saturated heterocycles. The summed E-state index contributed by atoms with van der Waals surface area (Å²) < 4.78 is 8.45. The monoisotopic (exact) mass is 1080 g/mol. The Hall–Kier alpha value is -7.83. The first-order chi connectivity index (χ1) is 33.7. The SMILES string of the molecule is Cc1ccc2c(n1)oc1c(-c3cc(CC(C)(C)C)ccn3)[c-]ccc12.[Ir+3].[c-]1ccccc1-c1cc(-c2cccc3c2c2cc(Cc4cc[c-]c(-c5ccccn5)c4)ccc2n3-c2ccccc2)ccn1. The summed E-state index contributed by atoms with van der Waals surface area (Å²) >= 11 is 0. The Labute approximate surface area is 422 Å². The largest absolute Gasteiger partial charge is 3.00 e. The number of aromatic nitrogens is 5. The van der Waals surface area contributed by atoms with Crippen molar-refractivity contribution in [3.05, 3.63) is 235 Å². The predicted molar refractivity (Wildman–Crippen MR) is 281 cm³/mol. The maximum atomic E-state index is 6.08. The van der Waals surface area contributed by atoms with Crippen LogP contribution in [-0.4, -0.2) is 24.5 Å². The fourth-order valence-corrected chi connectivity index (χ4v) is 9.39. The van der Waals surface area contributed by atoms with Crippen LogP contribution in [0.2, 0.25) is 0 Å². The third-order valence-electron chi connectivity index (χ3n) is 12.4. The van der Waals surface area contributed by atoms with Gasteiger partial charge in [-0.1, -0.05) is 97.9 Å². The van der Waals surface area contributed by atoms with Crippen LogP contribution in [0, 0.1) is 30.5 Å². The molecule has 6 nitrogen and oxygen atoms in total. The molecule has 0 amide bonds. The van der Waals surface area contributed by atoms with Crippen LogP contribution in [0.15, 0.2) is 199 Å². The number of hydrogen-bond donors (Lipinski definition) is 0. The Balaban J connectivity index is 0.000000186. The minimum atomic E-state index is 0. The summed E-state index contributed by atoms with van der Waals surface area (Å²) in [7, 11) is 0. The topological polar surface area (TPSA) is 69.6 Å². The fourth-order valence-electron chi connectivity index (χ4n) is 9.39. The number of rotatable bonds is 8. The normalized spacial score (nSPS) is 11.4. The zero-order chi connectivity index (χ0) is 46.9. The van der Waals surface area contributed by atoms with E-state index in [2.05, 4.69) is 179 Å². The number of aryl methyl sites for hydroxylation is 1. The Morgan fingerprint density at radius 1 is 0.543 bits per heavy atom. The van der Waals surface area contributed by atoms with E-state index in [4.69, 9.17) is 4.42 Å². The zero-order valence-corrected chi connectivity index (χ0v) is 41.8. The van der Waals surface area contributed by atoms with Gasteiger partial charge in [0.1, 0.15) is 0 Å². The summed E-state index contributed by atoms with van der Waals surface area (Å²) in [5, 5.41) is 4.55. The molecule has 0 fully saturated rings. The first-order valence-electron chi connectivity index (χ1n) is 23.4. The average molecular weight is 1080 g/mol. The van der Waals surface area contributed by atoms with E-state index in [1.165, 1.54) is 44.1 Å². The fraction of sp³-hybridized carbons (Fsp3) is 0.111. The number of para-hydroxylation sites is 1. The summed E-state index contributed by atoms with van der Waals surface area (Å²) in [4.78, 5) is 18.3. The summed E-state index contributed by atoms with van der Waals surface area (Å²) in [6, 6.07) is 71.0. The van der Waals surface area contributed by atoms with Gasteiger partial charge in [-0.3, -0.25) is 0 Å². The van der Waals surface area contributed by atoms with Gasteiger partial charge in [0.2, 0.25) is 5.71 Å². The van der Waals surface area contributed by atoms with E-state index in [1.807, 2.05) is 86.2 Å². The van der Waals surface area contributed by atoms with Crippen LogP contribution in [0.4, 0.5) is 0 Å². The molecule has 0 aliphatic heterocycles. The number of hydrogen-bond acceptors (Lipinski definition) is 5. The number of nitrogens with zero attached hydrogens (tertiary/aromatic N) is 5. The summed E-state index contributed by atoms with van der Waals surface area (Å²) in [6.45, 7) is 8.70. The molecule has 6 aromatic heterocycles. The van der Waals surface area contributed by atoms with Gasteiger partial charge in [0, 0.05) is 46.1 Å². The number of fused-ring (bicyclic) bond motifs is 6. The molecule has 70 heavy (non-hydrogen) atoms. The van der Waals surface area contributed by atoms with Crippen molar-refractivity contribution in [1.29, 1.82) is 0 Å². The van der Waals surface area contributed by atoms with E-state index in [0.717, 1.165) is 79.9 Å². The molecule has 0 atom stereocenters. The minimum Gasteiger partial charge on any atom is -0.486 e. The van der Waals surface area contributed by atoms with Crippen molar-refractivity contribution in [2.75, 3.05) is 0 Å². The van der Waals surface area contributed by atoms with Gasteiger partial charge in [-0.2, -0.15) is 0 Å². The predicted octanol–water partition coefficient (Wildman–Crippen LogP) is 15.5. The zero-order valence-electron chi connectivity index (χ0n) is 39.4. The van der Waals surface area contributed by atoms with E-state index in [1.54, 1.807) is 0 Å². The summed E-state index contributed by atoms with van der Waals surface area (Å²) in [5.74, 6) is 0. The molecular formula is C63H48IrN5O. The second-order valence-electron chi connectivity index (χ2n) is 18.7. The third kappa shape index (κ3) is 9.47. The van der Waals surface area contributed by atoms with Crippen LogP contribution >= 0.6 is 0 Å². The minimum absolute atomic E-state index is 0. The second kappa shape index (κ2) is 19.6. The Kier molecular flexibility index (Phi) is 12.9. The van der Waals surface area contributed by atoms with E-state index in [0.29, 0.717) is 5.71 Å². The molecule has 0 bridgehead atoms. The van der Waals surface area contributed by atoms with Crippen molar-refractivity contribution in [3.8, 4) is 50.6 Å². The summed E-state index contributed by atoms with van der Waals surface area (Å²) in [6.07, 6.45) is 7.41. The van der Waals surface area contributed by atoms with Gasteiger partial charge in [-0.05, 0) is 120 Å². The first kappa shape index (κ1) is 45.9. The van der Waals surface area contributed by atoms with Crippen LogP contribution in [-0.2, 0) is 32.9 Å². The molecule has 340 valence electrons. The quantitative estimate of drug-likeness (QED) is 0.142. The first-order valence-corrected chi connectivity index (χ1v) is 23.4. The van der Waals surface area contributed by atoms with Crippen molar-refractivity contribution in [2.24, 2.45) is 5.41 Å². The van der Waals surface area contributed by atoms with Crippen LogP contribution in [0.5, 0.6) is 0 Å². The Morgan fingerprint density at radius 2 is 1.33 bits per heavy atom. The van der Waals surface area contributed by atoms with Gasteiger partial charge in [0.05, 0.1) is 16.6 Å². The molecule has 6 heterocycles. The van der Waals surface area contributed by atoms with Gasteiger partial charge in [0.25, 0.3) is 0 Å². The van der Waals surface area contributed by atoms with Crippen molar-refractivity contribution < 1.29 is 24.5 Å². The van der Waals surface area contributed by atoms with Crippen LogP contribution < -0.4 is 0 Å². The molecule has 0 aliphatic carbocycles. The van der Waals surface area contributed by atoms with Gasteiger partial charge in [-0.15, -0.1) is 89.5 Å². The molecular weight excluding hydrogens is 1030 g/mol. The van der Waals surface area contributed by atoms with E-state index in [9.17, 15) is 0 Å². The third-order valence-corrected chi connectivity index (χ3v) is 12.4. The Morgan fingerprint density at radius 3 is 2.16 bits per heavy atom. The molecule has 0 aliphatic rings. The Bertz CT molecular complexity index is 3780. The molecule has 0 spiro atoms. The van der Waals surface area contributed by atoms with Crippen molar-refractivity contribution >= 4 is 43.9 Å². The summed E-state index contributed by atoms with van der Waals surface area (Å²) in [5.41, 5.74) is 17.9. The van der Waals surface area contributed by atoms with Crippen LogP contribution in [0.25, 0.3) is 94.5 Å². The van der Waals surface area contributed by atoms with Crippen molar-refractivity contribution in [1.82, 2.24) is 24.5 Å². The molecule has 0 radical (unpaired) electrons. The van der Waals surface area contributed by atoms with Gasteiger partial charge < -0.3 is 23.9 Å². The van der Waals surface area contributed by atoms with Crippen LogP contribution in [0.1, 0.15) is 43.2 Å². The number of benzene rings is 6. The number of pyridine rings is 4. The second-order valence-corrected chi connectivity index (χ2v) is 18.7. The molecule has 0 saturated carbocycles. The number of furan rings is 1. The molecule has 0 N–H and O–H groups in total.